The maximum Gasteiger partial charge on any atom is 0.408 e. The lowest BCUT2D eigenvalue weighted by atomic mass is 9.98. The molecule has 0 saturated carbocycles. The Balaban J connectivity index is 2.41. The van der Waals surface area contributed by atoms with Crippen molar-refractivity contribution in [3.63, 3.8) is 0 Å². The third kappa shape index (κ3) is 8.90. The molecule has 7 nitrogen and oxygen atoms in total. The number of carbonyl (C=O) groups is 3. The van der Waals surface area contributed by atoms with Gasteiger partial charge in [0.05, 0.1) is 0 Å². The van der Waals surface area contributed by atoms with E-state index in [9.17, 15) is 14.4 Å². The van der Waals surface area contributed by atoms with Crippen molar-refractivity contribution in [3.05, 3.63) is 70.8 Å². The Morgan fingerprint density at radius 2 is 1.64 bits per heavy atom. The molecule has 36 heavy (non-hydrogen) atoms. The van der Waals surface area contributed by atoms with Crippen LogP contribution < -0.4 is 10.6 Å². The Labute approximate surface area is 220 Å². The number of aryl methyl sites for hydroxylation is 2. The predicted molar refractivity (Wildman–Crippen MR) is 146 cm³/mol. The number of nitrogens with one attached hydrogen (secondary N) is 2. The molecule has 2 N–H and O–H groups in total. The van der Waals surface area contributed by atoms with Crippen molar-refractivity contribution in [2.45, 2.75) is 72.2 Å². The molecule has 2 atom stereocenters. The van der Waals surface area contributed by atoms with Crippen LogP contribution >= 0.6 is 12.6 Å². The number of thiol groups is 1. The molecular weight excluding hydrogens is 474 g/mol. The van der Waals surface area contributed by atoms with Gasteiger partial charge >= 0.3 is 6.09 Å². The molecule has 0 saturated heterocycles. The Bertz CT molecular complexity index is 1020. The van der Waals surface area contributed by atoms with Gasteiger partial charge in [-0.15, -0.1) is 0 Å². The van der Waals surface area contributed by atoms with Crippen molar-refractivity contribution in [2.75, 3.05) is 12.3 Å². The summed E-state index contributed by atoms with van der Waals surface area (Å²) in [6.07, 6.45) is -0.0760. The number of carbonyl (C=O) groups excluding carboxylic acids is 3. The minimum absolute atomic E-state index is 0.0590. The van der Waals surface area contributed by atoms with Crippen LogP contribution in [0.2, 0.25) is 0 Å². The molecule has 0 bridgehead atoms. The molecule has 0 aromatic heterocycles. The van der Waals surface area contributed by atoms with E-state index in [-0.39, 0.29) is 11.7 Å². The molecule has 0 heterocycles. The smallest absolute Gasteiger partial charge is 0.408 e. The van der Waals surface area contributed by atoms with Gasteiger partial charge in [0.1, 0.15) is 17.7 Å². The van der Waals surface area contributed by atoms with Crippen LogP contribution in [-0.4, -0.2) is 46.7 Å². The Kier molecular flexibility index (Phi) is 10.8. The van der Waals surface area contributed by atoms with E-state index in [1.54, 1.807) is 20.8 Å². The lowest BCUT2D eigenvalue weighted by Crippen LogP contribution is -2.54. The minimum atomic E-state index is -0.954. The molecule has 196 valence electrons. The first-order valence-corrected chi connectivity index (χ1v) is 12.9. The van der Waals surface area contributed by atoms with Crippen molar-refractivity contribution in [2.24, 2.45) is 0 Å². The normalized spacial score (nSPS) is 12.9. The molecule has 0 spiro atoms. The second-order valence-corrected chi connectivity index (χ2v) is 10.3. The summed E-state index contributed by atoms with van der Waals surface area (Å²) in [5.41, 5.74) is 2.95. The standard InChI is InChI=1S/C28H39N3O4S/c1-7-13-31(26(33)23(18-36)30-27(34)35-28(4,5)6)24(22-15-19(2)14-20(3)16-22)25(32)29-17-21-11-9-8-10-12-21/h8-12,14-16,23-24,36H,7,13,17-18H2,1-6H3,(H,29,32)(H,30,34). The average molecular weight is 514 g/mol. The molecule has 2 aromatic rings. The van der Waals surface area contributed by atoms with E-state index in [1.165, 1.54) is 4.90 Å². The quantitative estimate of drug-likeness (QED) is 0.401. The molecule has 0 radical (unpaired) electrons. The summed E-state index contributed by atoms with van der Waals surface area (Å²) in [6.45, 7) is 11.8. The topological polar surface area (TPSA) is 87.7 Å². The van der Waals surface area contributed by atoms with Gasteiger partial charge in [0.2, 0.25) is 11.8 Å². The molecule has 2 unspecified atom stereocenters. The van der Waals surface area contributed by atoms with E-state index in [2.05, 4.69) is 23.3 Å². The fourth-order valence-electron chi connectivity index (χ4n) is 3.97. The summed E-state index contributed by atoms with van der Waals surface area (Å²) in [4.78, 5) is 41.4. The third-order valence-electron chi connectivity index (χ3n) is 5.35. The van der Waals surface area contributed by atoms with Crippen molar-refractivity contribution in [1.82, 2.24) is 15.5 Å². The van der Waals surface area contributed by atoms with Crippen LogP contribution in [0.1, 0.15) is 62.4 Å². The van der Waals surface area contributed by atoms with Crippen LogP contribution in [0.3, 0.4) is 0 Å². The molecule has 8 heteroatoms. The fraction of sp³-hybridized carbons (Fsp3) is 0.464. The van der Waals surface area contributed by atoms with E-state index in [1.807, 2.05) is 69.3 Å². The number of nitrogens with zero attached hydrogens (tertiary/aromatic N) is 1. The summed E-state index contributed by atoms with van der Waals surface area (Å²) in [5.74, 6) is -0.624. The summed E-state index contributed by atoms with van der Waals surface area (Å²) in [5, 5.41) is 5.62. The Morgan fingerprint density at radius 1 is 1.03 bits per heavy atom. The largest absolute Gasteiger partial charge is 0.444 e. The summed E-state index contributed by atoms with van der Waals surface area (Å²) >= 11 is 4.31. The Hall–Kier alpha value is -3.00. The molecule has 0 aliphatic carbocycles. The molecule has 2 aromatic carbocycles. The highest BCUT2D eigenvalue weighted by molar-refractivity contribution is 7.80. The number of amides is 3. The number of hydrogen-bond donors (Lipinski definition) is 3. The molecule has 0 aliphatic heterocycles. The van der Waals surface area contributed by atoms with Crippen LogP contribution in [-0.2, 0) is 20.9 Å². The van der Waals surface area contributed by atoms with Gasteiger partial charge in [0.25, 0.3) is 0 Å². The average Bonchev–Trinajstić information content (AvgIpc) is 2.79. The number of rotatable bonds is 10. The van der Waals surface area contributed by atoms with Crippen molar-refractivity contribution < 1.29 is 19.1 Å². The molecule has 2 rings (SSSR count). The third-order valence-corrected chi connectivity index (χ3v) is 5.71. The number of hydrogen-bond acceptors (Lipinski definition) is 5. The van der Waals surface area contributed by atoms with Crippen LogP contribution in [0.15, 0.2) is 48.5 Å². The molecule has 0 aliphatic rings. The summed E-state index contributed by atoms with van der Waals surface area (Å²) in [6, 6.07) is 13.7. The van der Waals surface area contributed by atoms with Crippen molar-refractivity contribution in [1.29, 1.82) is 0 Å². The number of ether oxygens (including phenoxy) is 1. The highest BCUT2D eigenvalue weighted by atomic mass is 32.1. The lowest BCUT2D eigenvalue weighted by molar-refractivity contribution is -0.142. The maximum atomic E-state index is 13.8. The molecule has 0 fully saturated rings. The van der Waals surface area contributed by atoms with Crippen LogP contribution in [0, 0.1) is 13.8 Å². The maximum absolute atomic E-state index is 13.8. The number of benzene rings is 2. The summed E-state index contributed by atoms with van der Waals surface area (Å²) < 4.78 is 5.34. The van der Waals surface area contributed by atoms with E-state index >= 15 is 0 Å². The fourth-order valence-corrected chi connectivity index (χ4v) is 4.21. The first-order valence-electron chi connectivity index (χ1n) is 12.3. The molecule has 3 amide bonds. The van der Waals surface area contributed by atoms with Gasteiger partial charge in [-0.05, 0) is 52.2 Å². The second-order valence-electron chi connectivity index (χ2n) is 9.94. The zero-order valence-electron chi connectivity index (χ0n) is 22.1. The lowest BCUT2D eigenvalue weighted by Gasteiger charge is -2.34. The van der Waals surface area contributed by atoms with Crippen LogP contribution in [0.5, 0.6) is 0 Å². The van der Waals surface area contributed by atoms with Gasteiger partial charge in [-0.2, -0.15) is 12.6 Å². The second kappa shape index (κ2) is 13.3. The first kappa shape index (κ1) is 29.2. The van der Waals surface area contributed by atoms with Gasteiger partial charge < -0.3 is 20.3 Å². The van der Waals surface area contributed by atoms with E-state index in [0.29, 0.717) is 19.5 Å². The Morgan fingerprint density at radius 3 is 2.17 bits per heavy atom. The van der Waals surface area contributed by atoms with Crippen LogP contribution in [0.4, 0.5) is 4.79 Å². The highest BCUT2D eigenvalue weighted by Crippen LogP contribution is 2.25. The van der Waals surface area contributed by atoms with Gasteiger partial charge in [-0.3, -0.25) is 9.59 Å². The van der Waals surface area contributed by atoms with E-state index in [0.717, 1.165) is 22.3 Å². The molecular formula is C28H39N3O4S. The monoisotopic (exact) mass is 513 g/mol. The van der Waals surface area contributed by atoms with Crippen molar-refractivity contribution >= 4 is 30.5 Å². The number of alkyl carbamates (subject to hydrolysis) is 1. The zero-order valence-corrected chi connectivity index (χ0v) is 23.0. The van der Waals surface area contributed by atoms with Crippen molar-refractivity contribution in [3.8, 4) is 0 Å². The van der Waals surface area contributed by atoms with E-state index < -0.39 is 29.7 Å². The van der Waals surface area contributed by atoms with Gasteiger partial charge in [-0.25, -0.2) is 4.79 Å². The van der Waals surface area contributed by atoms with Crippen LogP contribution in [0.25, 0.3) is 0 Å². The van der Waals surface area contributed by atoms with Gasteiger partial charge in [-0.1, -0.05) is 66.6 Å². The minimum Gasteiger partial charge on any atom is -0.444 e. The SMILES string of the molecule is CCCN(C(=O)C(CS)NC(=O)OC(C)(C)C)C(C(=O)NCc1ccccc1)c1cc(C)cc(C)c1. The predicted octanol–water partition coefficient (Wildman–Crippen LogP) is 4.72. The first-order chi connectivity index (χ1) is 16.9. The summed E-state index contributed by atoms with van der Waals surface area (Å²) in [7, 11) is 0. The van der Waals surface area contributed by atoms with E-state index in [4.69, 9.17) is 4.74 Å². The van der Waals surface area contributed by atoms with Gasteiger partial charge in [0, 0.05) is 18.8 Å². The zero-order chi connectivity index (χ0) is 26.9. The van der Waals surface area contributed by atoms with Gasteiger partial charge in [0.15, 0.2) is 0 Å². The highest BCUT2D eigenvalue weighted by Gasteiger charge is 2.35.